The van der Waals surface area contributed by atoms with Crippen molar-refractivity contribution in [2.45, 2.75) is 87.5 Å². The quantitative estimate of drug-likeness (QED) is 0.0841. The Morgan fingerprint density at radius 3 is 2.17 bits per heavy atom. The van der Waals surface area contributed by atoms with Crippen LogP contribution in [0.4, 0.5) is 0 Å². The van der Waals surface area contributed by atoms with Gasteiger partial charge in [0.1, 0.15) is 16.9 Å². The van der Waals surface area contributed by atoms with Gasteiger partial charge in [-0.3, -0.25) is 9.78 Å². The third-order valence-corrected chi connectivity index (χ3v) is 10.4. The van der Waals surface area contributed by atoms with Gasteiger partial charge in [0.25, 0.3) is 0 Å². The zero-order valence-corrected chi connectivity index (χ0v) is 35.2. The molecule has 0 amide bonds. The first kappa shape index (κ1) is 40.7. The van der Waals surface area contributed by atoms with Crippen LogP contribution in [0.2, 0.25) is 0 Å². The molecule has 0 bridgehead atoms. The van der Waals surface area contributed by atoms with E-state index in [9.17, 15) is 9.90 Å². The van der Waals surface area contributed by atoms with Crippen LogP contribution < -0.4 is 0 Å². The average molecular weight is 899 g/mol. The van der Waals surface area contributed by atoms with Crippen LogP contribution in [0.1, 0.15) is 85.3 Å². The Morgan fingerprint density at radius 2 is 1.48 bits per heavy atom. The fourth-order valence-electron chi connectivity index (χ4n) is 7.43. The predicted molar refractivity (Wildman–Crippen MR) is 220 cm³/mol. The van der Waals surface area contributed by atoms with Gasteiger partial charge < -0.3 is 13.9 Å². The number of aliphatic hydroxyl groups is 1. The molecule has 0 saturated carbocycles. The molecule has 7 aromatic rings. The molecule has 0 atom stereocenters. The summed E-state index contributed by atoms with van der Waals surface area (Å²) in [6.45, 7) is 17.0. The molecule has 7 rings (SSSR count). The first-order valence-electron chi connectivity index (χ1n) is 19.1. The van der Waals surface area contributed by atoms with Crippen LogP contribution in [-0.4, -0.2) is 15.9 Å². The second kappa shape index (κ2) is 17.3. The number of hydrogen-bond acceptors (Lipinski definition) is 5. The maximum Gasteiger partial charge on any atom is 0.162 e. The number of aliphatic hydroxyl groups excluding tert-OH is 1. The van der Waals surface area contributed by atoms with Crippen LogP contribution in [0.15, 0.2) is 106 Å². The van der Waals surface area contributed by atoms with Gasteiger partial charge in [-0.15, -0.1) is 17.5 Å². The largest absolute Gasteiger partial charge is 0.512 e. The fraction of sp³-hybridized carbons (Fsp3) is 0.333. The molecule has 6 heteroatoms. The number of fused-ring (bicyclic) bond motifs is 6. The number of aromatic nitrogens is 1. The summed E-state index contributed by atoms with van der Waals surface area (Å²) < 4.78 is 12.9. The molecule has 0 fully saturated rings. The van der Waals surface area contributed by atoms with E-state index < -0.39 is 0 Å². The summed E-state index contributed by atoms with van der Waals surface area (Å²) in [5.74, 6) is 1.42. The van der Waals surface area contributed by atoms with Crippen molar-refractivity contribution in [3.63, 3.8) is 0 Å². The van der Waals surface area contributed by atoms with Crippen LogP contribution in [0, 0.1) is 30.2 Å². The summed E-state index contributed by atoms with van der Waals surface area (Å²) in [5, 5.41) is 15.3. The number of ketones is 1. The van der Waals surface area contributed by atoms with Crippen molar-refractivity contribution in [3.05, 3.63) is 114 Å². The number of carbonyl (C=O) groups excluding carboxylic acids is 1. The van der Waals surface area contributed by atoms with Gasteiger partial charge in [0.05, 0.1) is 11.3 Å². The standard InChI is InChI=1S/C35H28NO2.C13H24O2.Ir/c1-21-25-14-13-22(20-35(2,3)4)17-31(25)38-33(21)24-15-16-36-29(19-24)28-18-23-9-5-6-10-26(23)32-27-11-7-8-12-30(27)37-34(28)32;1-5-10(6-2)12(14)9-13(15)11(7-3)8-4;/h5-17,19H,20H2,1-4H3;9-11,14H,5-8H2,1-4H3;/q-1;;/b;12-9-;. The molecule has 0 saturated heterocycles. The molecule has 3 aromatic heterocycles. The van der Waals surface area contributed by atoms with E-state index in [0.29, 0.717) is 0 Å². The number of para-hydroxylation sites is 1. The molecule has 0 aliphatic carbocycles. The molecule has 54 heavy (non-hydrogen) atoms. The minimum Gasteiger partial charge on any atom is -0.512 e. The molecule has 283 valence electrons. The van der Waals surface area contributed by atoms with Gasteiger partial charge in [0.15, 0.2) is 5.78 Å². The SMILES string of the molecule is CCC(CC)C(=O)/C=C(\O)C(CC)CC.Cc1c(-c2ccnc(-c3[c-]c4ccccc4c4c3oc3ccccc34)c2)oc2cc(CC(C)(C)C)ccc12.[Ir]. The summed E-state index contributed by atoms with van der Waals surface area (Å²) in [7, 11) is 0. The Labute approximate surface area is 333 Å². The molecule has 4 aromatic carbocycles. The van der Waals surface area contributed by atoms with E-state index >= 15 is 0 Å². The number of pyridine rings is 1. The zero-order valence-electron chi connectivity index (χ0n) is 32.8. The Morgan fingerprint density at radius 1 is 0.815 bits per heavy atom. The monoisotopic (exact) mass is 899 g/mol. The molecule has 0 spiro atoms. The van der Waals surface area contributed by atoms with Crippen LogP contribution in [0.25, 0.3) is 66.3 Å². The van der Waals surface area contributed by atoms with Crippen molar-refractivity contribution in [1.29, 1.82) is 0 Å². The molecule has 0 aliphatic heterocycles. The summed E-state index contributed by atoms with van der Waals surface area (Å²) >= 11 is 0. The van der Waals surface area contributed by atoms with Crippen molar-refractivity contribution in [2.75, 3.05) is 0 Å². The molecular weight excluding hydrogens is 847 g/mol. The molecule has 0 aliphatic rings. The molecular formula is C48H52IrNO4-. The number of allylic oxidation sites excluding steroid dienone is 2. The van der Waals surface area contributed by atoms with Crippen LogP contribution in [0.5, 0.6) is 0 Å². The third-order valence-electron chi connectivity index (χ3n) is 10.4. The third kappa shape index (κ3) is 8.56. The Hall–Kier alpha value is -4.51. The first-order chi connectivity index (χ1) is 25.5. The number of benzene rings is 4. The van der Waals surface area contributed by atoms with E-state index in [0.717, 1.165) is 104 Å². The predicted octanol–water partition coefficient (Wildman–Crippen LogP) is 13.8. The summed E-state index contributed by atoms with van der Waals surface area (Å²) in [4.78, 5) is 16.5. The Bertz CT molecular complexity index is 2420. The van der Waals surface area contributed by atoms with Crippen LogP contribution in [-0.2, 0) is 31.3 Å². The minimum atomic E-state index is 0. The van der Waals surface area contributed by atoms with E-state index in [1.807, 2.05) is 58.2 Å². The molecule has 3 heterocycles. The zero-order chi connectivity index (χ0) is 37.9. The minimum absolute atomic E-state index is 0. The summed E-state index contributed by atoms with van der Waals surface area (Å²) in [6, 6.07) is 30.9. The first-order valence-corrected chi connectivity index (χ1v) is 19.1. The molecule has 1 N–H and O–H groups in total. The van der Waals surface area contributed by atoms with Crippen LogP contribution >= 0.6 is 0 Å². The topological polar surface area (TPSA) is 76.5 Å². The van der Waals surface area contributed by atoms with Gasteiger partial charge in [-0.25, -0.2) is 0 Å². The summed E-state index contributed by atoms with van der Waals surface area (Å²) in [5.41, 5.74) is 7.90. The second-order valence-electron chi connectivity index (χ2n) is 15.4. The number of hydrogen-bond donors (Lipinski definition) is 1. The average Bonchev–Trinajstić information content (AvgIpc) is 3.69. The maximum atomic E-state index is 11.7. The van der Waals surface area contributed by atoms with E-state index in [-0.39, 0.29) is 48.9 Å². The van der Waals surface area contributed by atoms with Gasteiger partial charge in [-0.1, -0.05) is 114 Å². The van der Waals surface area contributed by atoms with Crippen molar-refractivity contribution in [3.8, 4) is 22.6 Å². The van der Waals surface area contributed by atoms with Crippen LogP contribution in [0.3, 0.4) is 0 Å². The smallest absolute Gasteiger partial charge is 0.162 e. The van der Waals surface area contributed by atoms with Gasteiger partial charge in [-0.05, 0) is 73.6 Å². The van der Waals surface area contributed by atoms with Crippen molar-refractivity contribution in [2.24, 2.45) is 17.3 Å². The molecule has 5 nitrogen and oxygen atoms in total. The second-order valence-corrected chi connectivity index (χ2v) is 15.4. The van der Waals surface area contributed by atoms with E-state index in [1.165, 1.54) is 11.6 Å². The van der Waals surface area contributed by atoms with Crippen molar-refractivity contribution in [1.82, 2.24) is 4.98 Å². The summed E-state index contributed by atoms with van der Waals surface area (Å²) in [6.07, 6.45) is 7.76. The Balaban J connectivity index is 0.000000301. The molecule has 1 radical (unpaired) electrons. The number of nitrogens with zero attached hydrogens (tertiary/aromatic N) is 1. The fourth-order valence-corrected chi connectivity index (χ4v) is 7.43. The Kier molecular flexibility index (Phi) is 13.0. The normalized spacial score (nSPS) is 12.1. The van der Waals surface area contributed by atoms with Gasteiger partial charge in [0.2, 0.25) is 0 Å². The van der Waals surface area contributed by atoms with E-state index in [1.54, 1.807) is 0 Å². The van der Waals surface area contributed by atoms with Gasteiger partial charge >= 0.3 is 0 Å². The van der Waals surface area contributed by atoms with E-state index in [4.69, 9.17) is 13.8 Å². The van der Waals surface area contributed by atoms with Crippen molar-refractivity contribution >= 4 is 49.5 Å². The van der Waals surface area contributed by atoms with E-state index in [2.05, 4.69) is 88.4 Å². The van der Waals surface area contributed by atoms with Crippen molar-refractivity contribution < 1.29 is 38.8 Å². The maximum absolute atomic E-state index is 11.7. The number of furan rings is 2. The number of carbonyl (C=O) groups is 1. The van der Waals surface area contributed by atoms with Gasteiger partial charge in [0, 0.05) is 71.8 Å². The number of rotatable bonds is 10. The number of aryl methyl sites for hydroxylation is 1. The van der Waals surface area contributed by atoms with Gasteiger partial charge in [-0.2, -0.15) is 0 Å². The molecule has 0 unspecified atom stereocenters.